The molecule has 0 spiro atoms. The van der Waals surface area contributed by atoms with Crippen LogP contribution in [-0.4, -0.2) is 36.0 Å². The van der Waals surface area contributed by atoms with Crippen molar-refractivity contribution in [2.24, 2.45) is 0 Å². The number of benzene rings is 1. The summed E-state index contributed by atoms with van der Waals surface area (Å²) in [5.74, 6) is -1.68. The molecule has 0 unspecified atom stereocenters. The smallest absolute Gasteiger partial charge is 0.348 e. The minimum Gasteiger partial charge on any atom is -0.462 e. The number of rotatable bonds is 8. The Balaban J connectivity index is 2.26. The lowest BCUT2D eigenvalue weighted by Gasteiger charge is -2.07. The van der Waals surface area contributed by atoms with E-state index in [2.05, 4.69) is 5.32 Å². The molecule has 1 heterocycles. The van der Waals surface area contributed by atoms with E-state index in [-0.39, 0.29) is 40.8 Å². The van der Waals surface area contributed by atoms with Crippen molar-refractivity contribution in [2.45, 2.75) is 27.2 Å². The van der Waals surface area contributed by atoms with Crippen LogP contribution in [0.5, 0.6) is 0 Å². The molecule has 1 aromatic heterocycles. The molecule has 0 aliphatic carbocycles. The fourth-order valence-electron chi connectivity index (χ4n) is 2.53. The maximum atomic E-state index is 12.4. The molecule has 29 heavy (non-hydrogen) atoms. The number of carbonyl (C=O) groups is 3. The molecule has 154 valence electrons. The number of carbonyl (C=O) groups excluding carboxylic acids is 3. The number of esters is 2. The quantitative estimate of drug-likeness (QED) is 0.393. The summed E-state index contributed by atoms with van der Waals surface area (Å²) < 4.78 is 10.0. The summed E-state index contributed by atoms with van der Waals surface area (Å²) >= 11 is 0.937. The molecule has 0 saturated heterocycles. The Bertz CT molecular complexity index is 935. The van der Waals surface area contributed by atoms with Gasteiger partial charge < -0.3 is 14.8 Å². The molecular weight excluding hydrogens is 400 g/mol. The second kappa shape index (κ2) is 9.78. The van der Waals surface area contributed by atoms with Crippen LogP contribution < -0.4 is 5.32 Å². The van der Waals surface area contributed by atoms with Crippen LogP contribution in [0.4, 0.5) is 10.7 Å². The van der Waals surface area contributed by atoms with Crippen LogP contribution in [0.1, 0.15) is 45.0 Å². The number of nitro benzene ring substituents is 1. The summed E-state index contributed by atoms with van der Waals surface area (Å²) in [5, 5.41) is 13.5. The molecule has 1 N–H and O–H groups in total. The van der Waals surface area contributed by atoms with Crippen molar-refractivity contribution >= 4 is 39.9 Å². The molecule has 9 nitrogen and oxygen atoms in total. The Labute approximate surface area is 170 Å². The van der Waals surface area contributed by atoms with Crippen molar-refractivity contribution in [2.75, 3.05) is 18.5 Å². The van der Waals surface area contributed by atoms with Crippen LogP contribution in [0, 0.1) is 17.0 Å². The van der Waals surface area contributed by atoms with Gasteiger partial charge in [0.05, 0.1) is 30.1 Å². The van der Waals surface area contributed by atoms with E-state index in [4.69, 9.17) is 9.47 Å². The Hall–Kier alpha value is -3.27. The number of thiophene rings is 1. The standard InChI is InChI=1S/C19H20N2O7S/c1-4-27-18(23)15-11(3)16(19(24)28-5-2)29-17(15)20-14(22)10-12-6-8-13(9-7-12)21(25)26/h6-9H,4-5,10H2,1-3H3,(H,20,22). The molecule has 0 atom stereocenters. The van der Waals surface area contributed by atoms with Crippen molar-refractivity contribution in [3.8, 4) is 0 Å². The van der Waals surface area contributed by atoms with Gasteiger partial charge in [-0.2, -0.15) is 0 Å². The van der Waals surface area contributed by atoms with Gasteiger partial charge in [-0.15, -0.1) is 11.3 Å². The molecular formula is C19H20N2O7S. The van der Waals surface area contributed by atoms with Gasteiger partial charge in [0.25, 0.3) is 5.69 Å². The SMILES string of the molecule is CCOC(=O)c1sc(NC(=O)Cc2ccc([N+](=O)[O-])cc2)c(C(=O)OCC)c1C. The summed E-state index contributed by atoms with van der Waals surface area (Å²) in [6.45, 7) is 5.21. The minimum atomic E-state index is -0.651. The van der Waals surface area contributed by atoms with Gasteiger partial charge in [0.2, 0.25) is 5.91 Å². The number of hydrogen-bond donors (Lipinski definition) is 1. The molecule has 0 radical (unpaired) electrons. The van der Waals surface area contributed by atoms with E-state index >= 15 is 0 Å². The van der Waals surface area contributed by atoms with Crippen LogP contribution in [0.15, 0.2) is 24.3 Å². The van der Waals surface area contributed by atoms with Gasteiger partial charge in [-0.3, -0.25) is 14.9 Å². The van der Waals surface area contributed by atoms with Crippen LogP contribution in [0.3, 0.4) is 0 Å². The van der Waals surface area contributed by atoms with Crippen LogP contribution in [-0.2, 0) is 20.7 Å². The lowest BCUT2D eigenvalue weighted by Crippen LogP contribution is -2.16. The summed E-state index contributed by atoms with van der Waals surface area (Å²) in [6, 6.07) is 5.57. The average Bonchev–Trinajstić information content (AvgIpc) is 2.98. The van der Waals surface area contributed by atoms with Crippen molar-refractivity contribution in [1.29, 1.82) is 0 Å². The number of nitrogens with zero attached hydrogens (tertiary/aromatic N) is 1. The molecule has 1 amide bonds. The van der Waals surface area contributed by atoms with E-state index < -0.39 is 22.8 Å². The van der Waals surface area contributed by atoms with E-state index in [1.54, 1.807) is 20.8 Å². The van der Waals surface area contributed by atoms with Gasteiger partial charge in [-0.1, -0.05) is 12.1 Å². The van der Waals surface area contributed by atoms with Crippen molar-refractivity contribution < 1.29 is 28.8 Å². The first-order chi connectivity index (χ1) is 13.8. The van der Waals surface area contributed by atoms with E-state index in [1.165, 1.54) is 24.3 Å². The second-order valence-electron chi connectivity index (χ2n) is 5.85. The third kappa shape index (κ3) is 5.38. The third-order valence-electron chi connectivity index (χ3n) is 3.85. The van der Waals surface area contributed by atoms with Crippen LogP contribution in [0.2, 0.25) is 0 Å². The van der Waals surface area contributed by atoms with Gasteiger partial charge in [-0.05, 0) is 31.9 Å². The Kier molecular flexibility index (Phi) is 7.43. The molecule has 10 heteroatoms. The molecule has 2 rings (SSSR count). The number of ether oxygens (including phenoxy) is 2. The minimum absolute atomic E-state index is 0.0635. The lowest BCUT2D eigenvalue weighted by molar-refractivity contribution is -0.384. The normalized spacial score (nSPS) is 10.3. The predicted octanol–water partition coefficient (Wildman–Crippen LogP) is 3.50. The van der Waals surface area contributed by atoms with Gasteiger partial charge in [0.15, 0.2) is 0 Å². The van der Waals surface area contributed by atoms with Crippen LogP contribution in [0.25, 0.3) is 0 Å². The fourth-order valence-corrected chi connectivity index (χ4v) is 3.64. The van der Waals surface area contributed by atoms with E-state index in [9.17, 15) is 24.5 Å². The van der Waals surface area contributed by atoms with Crippen molar-refractivity contribution in [3.05, 3.63) is 55.9 Å². The maximum absolute atomic E-state index is 12.4. The van der Waals surface area contributed by atoms with Crippen molar-refractivity contribution in [1.82, 2.24) is 0 Å². The molecule has 0 bridgehead atoms. The first-order valence-corrected chi connectivity index (χ1v) is 9.60. The van der Waals surface area contributed by atoms with Gasteiger partial charge >= 0.3 is 11.9 Å². The van der Waals surface area contributed by atoms with Gasteiger partial charge in [0, 0.05) is 12.1 Å². The lowest BCUT2D eigenvalue weighted by atomic mass is 10.1. The molecule has 2 aromatic rings. The number of non-ortho nitro benzene ring substituents is 1. The highest BCUT2D eigenvalue weighted by atomic mass is 32.1. The topological polar surface area (TPSA) is 125 Å². The third-order valence-corrected chi connectivity index (χ3v) is 5.04. The summed E-state index contributed by atoms with van der Waals surface area (Å²) in [7, 11) is 0. The summed E-state index contributed by atoms with van der Waals surface area (Å²) in [5.41, 5.74) is 0.964. The number of nitro groups is 1. The first-order valence-electron chi connectivity index (χ1n) is 8.79. The van der Waals surface area contributed by atoms with E-state index in [0.29, 0.717) is 11.1 Å². The Morgan fingerprint density at radius 1 is 1.07 bits per heavy atom. The van der Waals surface area contributed by atoms with Crippen LogP contribution >= 0.6 is 11.3 Å². The number of hydrogen-bond acceptors (Lipinski definition) is 8. The second-order valence-corrected chi connectivity index (χ2v) is 6.87. The Morgan fingerprint density at radius 3 is 2.21 bits per heavy atom. The van der Waals surface area contributed by atoms with Crippen molar-refractivity contribution in [3.63, 3.8) is 0 Å². The Morgan fingerprint density at radius 2 is 1.66 bits per heavy atom. The molecule has 0 saturated carbocycles. The van der Waals surface area contributed by atoms with Gasteiger partial charge in [-0.25, -0.2) is 9.59 Å². The highest BCUT2D eigenvalue weighted by Gasteiger charge is 2.27. The fraction of sp³-hybridized carbons (Fsp3) is 0.316. The number of anilines is 1. The predicted molar refractivity (Wildman–Crippen MR) is 106 cm³/mol. The highest BCUT2D eigenvalue weighted by Crippen LogP contribution is 2.34. The summed E-state index contributed by atoms with van der Waals surface area (Å²) in [4.78, 5) is 47.3. The zero-order valence-electron chi connectivity index (χ0n) is 16.1. The molecule has 0 aliphatic rings. The maximum Gasteiger partial charge on any atom is 0.348 e. The highest BCUT2D eigenvalue weighted by molar-refractivity contribution is 7.18. The molecule has 1 aromatic carbocycles. The molecule has 0 fully saturated rings. The van der Waals surface area contributed by atoms with Gasteiger partial charge in [0.1, 0.15) is 9.88 Å². The number of nitrogens with one attached hydrogen (secondary N) is 1. The average molecular weight is 420 g/mol. The zero-order chi connectivity index (χ0) is 21.6. The summed E-state index contributed by atoms with van der Waals surface area (Å²) in [6.07, 6.45) is -0.0635. The molecule has 0 aliphatic heterocycles. The zero-order valence-corrected chi connectivity index (χ0v) is 17.0. The largest absolute Gasteiger partial charge is 0.462 e. The van der Waals surface area contributed by atoms with E-state index in [0.717, 1.165) is 11.3 Å². The first kappa shape index (κ1) is 22.0. The number of amides is 1. The monoisotopic (exact) mass is 420 g/mol. The van der Waals surface area contributed by atoms with E-state index in [1.807, 2.05) is 0 Å².